The minimum Gasteiger partial charge on any atom is -0.300 e. The molecule has 0 heterocycles. The maximum absolute atomic E-state index is 10.5. The van der Waals surface area contributed by atoms with E-state index >= 15 is 0 Å². The second-order valence-electron chi connectivity index (χ2n) is 4.33. The summed E-state index contributed by atoms with van der Waals surface area (Å²) in [6.45, 7) is 0. The Labute approximate surface area is 92.2 Å². The summed E-state index contributed by atoms with van der Waals surface area (Å²) in [4.78, 5) is 10.5. The number of rotatable bonds is 0. The summed E-state index contributed by atoms with van der Waals surface area (Å²) >= 11 is 5.82. The molecule has 2 heteroatoms. The summed E-state index contributed by atoms with van der Waals surface area (Å²) in [5, 5.41) is 0.508. The van der Waals surface area contributed by atoms with Crippen molar-refractivity contribution in [1.29, 1.82) is 0 Å². The maximum atomic E-state index is 10.5. The summed E-state index contributed by atoms with van der Waals surface area (Å²) in [5.74, 6) is 0.464. The van der Waals surface area contributed by atoms with Gasteiger partial charge in [0.15, 0.2) is 0 Å². The molecule has 0 aromatic carbocycles. The molecule has 0 spiro atoms. The smallest absolute Gasteiger partial charge is 0.132 e. The van der Waals surface area contributed by atoms with Gasteiger partial charge in [-0.2, -0.15) is 0 Å². The van der Waals surface area contributed by atoms with Crippen molar-refractivity contribution in [3.63, 3.8) is 0 Å². The molecule has 0 bridgehead atoms. The van der Waals surface area contributed by atoms with Gasteiger partial charge in [-0.25, -0.2) is 0 Å². The van der Waals surface area contributed by atoms with E-state index in [2.05, 4.69) is 0 Å². The minimum absolute atomic E-state index is 0.464. The molecular formula is C12H21ClO. The van der Waals surface area contributed by atoms with Crippen LogP contribution < -0.4 is 0 Å². The molecule has 0 N–H and O–H groups in total. The first-order valence-corrected chi connectivity index (χ1v) is 6.38. The number of ketones is 1. The molecular weight excluding hydrogens is 196 g/mol. The topological polar surface area (TPSA) is 17.1 Å². The average molecular weight is 217 g/mol. The van der Waals surface area contributed by atoms with Crippen LogP contribution in [0.25, 0.3) is 0 Å². The number of carbonyl (C=O) groups is 1. The molecule has 82 valence electrons. The Kier molecular flexibility index (Phi) is 6.25. The zero-order valence-electron chi connectivity index (χ0n) is 8.93. The molecule has 0 aromatic heterocycles. The van der Waals surface area contributed by atoms with Crippen LogP contribution in [0.2, 0.25) is 0 Å². The molecule has 2 aliphatic rings. The highest BCUT2D eigenvalue weighted by Crippen LogP contribution is 2.21. The molecule has 2 aliphatic carbocycles. The van der Waals surface area contributed by atoms with Crippen molar-refractivity contribution >= 4 is 17.4 Å². The lowest BCUT2D eigenvalue weighted by molar-refractivity contribution is -0.120. The summed E-state index contributed by atoms with van der Waals surface area (Å²) in [6.07, 6.45) is 11.9. The van der Waals surface area contributed by atoms with Crippen molar-refractivity contribution in [2.45, 2.75) is 69.6 Å². The Balaban J connectivity index is 0.000000140. The summed E-state index contributed by atoms with van der Waals surface area (Å²) in [7, 11) is 0. The highest BCUT2D eigenvalue weighted by atomic mass is 35.5. The fourth-order valence-corrected chi connectivity index (χ4v) is 2.31. The number of halogens is 1. The number of hydrogen-bond acceptors (Lipinski definition) is 1. The van der Waals surface area contributed by atoms with Gasteiger partial charge in [-0.1, -0.05) is 25.7 Å². The van der Waals surface area contributed by atoms with Crippen LogP contribution in [0.5, 0.6) is 0 Å². The van der Waals surface area contributed by atoms with Crippen LogP contribution in [0.4, 0.5) is 0 Å². The van der Waals surface area contributed by atoms with Gasteiger partial charge in [0, 0.05) is 18.2 Å². The van der Waals surface area contributed by atoms with Gasteiger partial charge in [0.05, 0.1) is 0 Å². The molecule has 0 saturated heterocycles. The molecule has 0 aliphatic heterocycles. The van der Waals surface area contributed by atoms with Crippen molar-refractivity contribution in [3.8, 4) is 0 Å². The van der Waals surface area contributed by atoms with E-state index in [1.165, 1.54) is 38.5 Å². The Hall–Kier alpha value is -0.0400. The van der Waals surface area contributed by atoms with E-state index < -0.39 is 0 Å². The van der Waals surface area contributed by atoms with Gasteiger partial charge >= 0.3 is 0 Å². The Morgan fingerprint density at radius 3 is 1.64 bits per heavy atom. The van der Waals surface area contributed by atoms with E-state index in [0.717, 1.165) is 25.7 Å². The lowest BCUT2D eigenvalue weighted by atomic mass is 10.00. The second-order valence-corrected chi connectivity index (χ2v) is 4.95. The van der Waals surface area contributed by atoms with Gasteiger partial charge < -0.3 is 0 Å². The van der Waals surface area contributed by atoms with Crippen molar-refractivity contribution in [3.05, 3.63) is 0 Å². The Morgan fingerprint density at radius 2 is 1.36 bits per heavy atom. The van der Waals surface area contributed by atoms with Crippen LogP contribution >= 0.6 is 11.6 Å². The Morgan fingerprint density at radius 1 is 0.857 bits per heavy atom. The van der Waals surface area contributed by atoms with Crippen LogP contribution in [-0.4, -0.2) is 11.2 Å². The highest BCUT2D eigenvalue weighted by Gasteiger charge is 2.08. The van der Waals surface area contributed by atoms with Crippen molar-refractivity contribution < 1.29 is 4.79 Å². The van der Waals surface area contributed by atoms with Gasteiger partial charge in [-0.05, 0) is 25.7 Å². The number of Topliss-reactive ketones (excluding diaryl/α,β-unsaturated/α-hetero) is 1. The highest BCUT2D eigenvalue weighted by molar-refractivity contribution is 6.20. The summed E-state index contributed by atoms with van der Waals surface area (Å²) in [5.41, 5.74) is 0. The molecule has 0 amide bonds. The third kappa shape index (κ3) is 5.64. The van der Waals surface area contributed by atoms with E-state index in [4.69, 9.17) is 11.6 Å². The minimum atomic E-state index is 0.464. The van der Waals surface area contributed by atoms with Crippen LogP contribution in [-0.2, 0) is 4.79 Å². The van der Waals surface area contributed by atoms with Gasteiger partial charge in [-0.3, -0.25) is 4.79 Å². The fourth-order valence-electron chi connectivity index (χ4n) is 2.00. The molecule has 2 saturated carbocycles. The number of hydrogen-bond donors (Lipinski definition) is 0. The van der Waals surface area contributed by atoms with Crippen molar-refractivity contribution in [2.24, 2.45) is 0 Å². The van der Waals surface area contributed by atoms with Crippen LogP contribution in [0.15, 0.2) is 0 Å². The summed E-state index contributed by atoms with van der Waals surface area (Å²) in [6, 6.07) is 0. The molecule has 0 unspecified atom stereocenters. The molecule has 0 radical (unpaired) electrons. The van der Waals surface area contributed by atoms with Gasteiger partial charge in [0.2, 0.25) is 0 Å². The standard InChI is InChI=1S/C6H11Cl.C6H10O/c2*7-6-4-2-1-3-5-6/h6H,1-5H2;1-5H2. The monoisotopic (exact) mass is 216 g/mol. The summed E-state index contributed by atoms with van der Waals surface area (Å²) < 4.78 is 0. The van der Waals surface area contributed by atoms with Gasteiger partial charge in [0.25, 0.3) is 0 Å². The van der Waals surface area contributed by atoms with Crippen LogP contribution in [0, 0.1) is 0 Å². The molecule has 2 fully saturated rings. The fraction of sp³-hybridized carbons (Fsp3) is 0.917. The zero-order chi connectivity index (χ0) is 10.2. The van der Waals surface area contributed by atoms with E-state index in [0.29, 0.717) is 11.2 Å². The first-order valence-electron chi connectivity index (χ1n) is 5.95. The van der Waals surface area contributed by atoms with E-state index in [1.807, 2.05) is 0 Å². The van der Waals surface area contributed by atoms with E-state index in [-0.39, 0.29) is 0 Å². The Bertz CT molecular complexity index is 154. The number of alkyl halides is 1. The first-order chi connectivity index (χ1) is 6.79. The van der Waals surface area contributed by atoms with E-state index in [1.54, 1.807) is 0 Å². The van der Waals surface area contributed by atoms with E-state index in [9.17, 15) is 4.79 Å². The molecule has 14 heavy (non-hydrogen) atoms. The molecule has 2 rings (SSSR count). The number of carbonyl (C=O) groups excluding carboxylic acids is 1. The SMILES string of the molecule is ClC1CCCCC1.O=C1CCCCC1. The van der Waals surface area contributed by atoms with Gasteiger partial charge in [-0.15, -0.1) is 11.6 Å². The van der Waals surface area contributed by atoms with Crippen molar-refractivity contribution in [2.75, 3.05) is 0 Å². The lowest BCUT2D eigenvalue weighted by Gasteiger charge is -2.13. The molecule has 0 atom stereocenters. The maximum Gasteiger partial charge on any atom is 0.132 e. The van der Waals surface area contributed by atoms with Crippen LogP contribution in [0.1, 0.15) is 64.2 Å². The second kappa shape index (κ2) is 7.28. The van der Waals surface area contributed by atoms with Crippen molar-refractivity contribution in [1.82, 2.24) is 0 Å². The largest absolute Gasteiger partial charge is 0.300 e. The predicted molar refractivity (Wildman–Crippen MR) is 60.8 cm³/mol. The third-order valence-electron chi connectivity index (χ3n) is 2.95. The molecule has 1 nitrogen and oxygen atoms in total. The first kappa shape index (κ1) is 12.0. The quantitative estimate of drug-likeness (QED) is 0.558. The van der Waals surface area contributed by atoms with Crippen LogP contribution in [0.3, 0.4) is 0 Å². The van der Waals surface area contributed by atoms with Gasteiger partial charge in [0.1, 0.15) is 5.78 Å². The average Bonchev–Trinajstić information content (AvgIpc) is 2.21. The third-order valence-corrected chi connectivity index (χ3v) is 3.38. The lowest BCUT2D eigenvalue weighted by Crippen LogP contribution is -2.03. The zero-order valence-corrected chi connectivity index (χ0v) is 9.69. The molecule has 0 aromatic rings. The predicted octanol–water partition coefficient (Wildman–Crippen LogP) is 4.08. The normalized spacial score (nSPS) is 23.9.